The number of hydrogen-bond acceptors (Lipinski definition) is 4. The number of H-pyrrole nitrogens is 1. The van der Waals surface area contributed by atoms with Crippen LogP contribution in [0.2, 0.25) is 0 Å². The molecule has 140 valence electrons. The summed E-state index contributed by atoms with van der Waals surface area (Å²) in [6, 6.07) is 11.3. The van der Waals surface area contributed by atoms with Crippen molar-refractivity contribution in [2.24, 2.45) is 0 Å². The molecule has 0 bridgehead atoms. The number of aromatic hydroxyl groups is 1. The minimum atomic E-state index is -0.00870. The maximum Gasteiger partial charge on any atom is 0.217 e. The average molecular weight is 372 g/mol. The minimum absolute atomic E-state index is 0.00870. The standard InChI is InChI=1S/C22H20N4O2/c1-12(27)24-14-4-7-16-17(10-14)22(13-2-5-15(28)6-3-13)25-20-9-8-19-18(21(16)20)11-23-26-19/h2-3,5-6,8-9,11,14,28H,4,7,10H2,1H3,(H,23,26)(H,24,27). The Morgan fingerprint density at radius 3 is 2.79 bits per heavy atom. The molecule has 1 aliphatic carbocycles. The van der Waals surface area contributed by atoms with E-state index < -0.39 is 0 Å². The Morgan fingerprint density at radius 1 is 1.18 bits per heavy atom. The van der Waals surface area contributed by atoms with Crippen LogP contribution in [-0.4, -0.2) is 32.2 Å². The lowest BCUT2D eigenvalue weighted by atomic mass is 9.83. The number of phenols is 1. The van der Waals surface area contributed by atoms with Gasteiger partial charge in [-0.2, -0.15) is 5.10 Å². The largest absolute Gasteiger partial charge is 0.508 e. The van der Waals surface area contributed by atoms with Gasteiger partial charge < -0.3 is 10.4 Å². The molecule has 6 heteroatoms. The quantitative estimate of drug-likeness (QED) is 0.502. The highest BCUT2D eigenvalue weighted by molar-refractivity contribution is 6.07. The first kappa shape index (κ1) is 16.7. The molecular formula is C22H20N4O2. The lowest BCUT2D eigenvalue weighted by molar-refractivity contribution is -0.119. The fourth-order valence-corrected chi connectivity index (χ4v) is 4.33. The van der Waals surface area contributed by atoms with E-state index in [1.807, 2.05) is 30.5 Å². The summed E-state index contributed by atoms with van der Waals surface area (Å²) in [6.45, 7) is 1.56. The molecule has 1 unspecified atom stereocenters. The van der Waals surface area contributed by atoms with Crippen LogP contribution in [0.5, 0.6) is 5.75 Å². The number of carbonyl (C=O) groups excluding carboxylic acids is 1. The van der Waals surface area contributed by atoms with Gasteiger partial charge >= 0.3 is 0 Å². The monoisotopic (exact) mass is 372 g/mol. The third kappa shape index (κ3) is 2.69. The molecule has 1 atom stereocenters. The zero-order valence-electron chi connectivity index (χ0n) is 15.5. The molecule has 2 aromatic carbocycles. The number of rotatable bonds is 2. The van der Waals surface area contributed by atoms with E-state index in [4.69, 9.17) is 4.98 Å². The Hall–Kier alpha value is -3.41. The first-order valence-corrected chi connectivity index (χ1v) is 9.44. The van der Waals surface area contributed by atoms with Crippen LogP contribution in [0.1, 0.15) is 24.5 Å². The van der Waals surface area contributed by atoms with E-state index in [1.165, 1.54) is 5.56 Å². The second kappa shape index (κ2) is 6.34. The maximum atomic E-state index is 11.6. The lowest BCUT2D eigenvalue weighted by Gasteiger charge is -2.28. The molecule has 0 fully saturated rings. The number of nitrogens with zero attached hydrogens (tertiary/aromatic N) is 2. The summed E-state index contributed by atoms with van der Waals surface area (Å²) in [5.74, 6) is 0.222. The van der Waals surface area contributed by atoms with Crippen molar-refractivity contribution < 1.29 is 9.90 Å². The van der Waals surface area contributed by atoms with Crippen LogP contribution in [0.4, 0.5) is 0 Å². The van der Waals surface area contributed by atoms with Crippen molar-refractivity contribution >= 4 is 27.7 Å². The maximum absolute atomic E-state index is 11.6. The molecular weight excluding hydrogens is 352 g/mol. The number of carbonyl (C=O) groups is 1. The van der Waals surface area contributed by atoms with Gasteiger partial charge in [0.15, 0.2) is 0 Å². The number of aromatic amines is 1. The third-order valence-electron chi connectivity index (χ3n) is 5.53. The molecule has 2 heterocycles. The predicted octanol–water partition coefficient (Wildman–Crippen LogP) is 3.48. The van der Waals surface area contributed by atoms with Gasteiger partial charge in [-0.05, 0) is 66.8 Å². The highest BCUT2D eigenvalue weighted by Gasteiger charge is 2.26. The molecule has 0 radical (unpaired) electrons. The van der Waals surface area contributed by atoms with Crippen LogP contribution in [0, 0.1) is 0 Å². The topological polar surface area (TPSA) is 90.9 Å². The van der Waals surface area contributed by atoms with Crippen molar-refractivity contribution in [1.82, 2.24) is 20.5 Å². The second-order valence-electron chi connectivity index (χ2n) is 7.40. The summed E-state index contributed by atoms with van der Waals surface area (Å²) < 4.78 is 0. The number of benzene rings is 2. The zero-order valence-corrected chi connectivity index (χ0v) is 15.5. The SMILES string of the molecule is CC(=O)NC1CCc2c(c(-c3ccc(O)cc3)nc3ccc4[nH]ncc4c23)C1. The summed E-state index contributed by atoms with van der Waals surface area (Å²) >= 11 is 0. The summed E-state index contributed by atoms with van der Waals surface area (Å²) in [5, 5.41) is 22.2. The van der Waals surface area contributed by atoms with Crippen LogP contribution in [0.15, 0.2) is 42.6 Å². The Bertz CT molecular complexity index is 1210. The lowest BCUT2D eigenvalue weighted by Crippen LogP contribution is -2.37. The van der Waals surface area contributed by atoms with Gasteiger partial charge in [0.1, 0.15) is 5.75 Å². The van der Waals surface area contributed by atoms with Crippen molar-refractivity contribution in [3.63, 3.8) is 0 Å². The normalized spacial score (nSPS) is 16.2. The number of amides is 1. The number of hydrogen-bond donors (Lipinski definition) is 3. The number of nitrogens with one attached hydrogen (secondary N) is 2. The van der Waals surface area contributed by atoms with E-state index in [0.717, 1.165) is 57.9 Å². The van der Waals surface area contributed by atoms with E-state index >= 15 is 0 Å². The molecule has 1 amide bonds. The van der Waals surface area contributed by atoms with Gasteiger partial charge in [0, 0.05) is 29.3 Å². The molecule has 0 saturated heterocycles. The fourth-order valence-electron chi connectivity index (χ4n) is 4.33. The summed E-state index contributed by atoms with van der Waals surface area (Å²) in [7, 11) is 0. The molecule has 0 aliphatic heterocycles. The number of aryl methyl sites for hydroxylation is 1. The molecule has 1 aliphatic rings. The molecule has 6 nitrogen and oxygen atoms in total. The van der Waals surface area contributed by atoms with Gasteiger partial charge in [0.05, 0.1) is 22.9 Å². The van der Waals surface area contributed by atoms with Crippen LogP contribution in [0.25, 0.3) is 33.1 Å². The van der Waals surface area contributed by atoms with E-state index in [1.54, 1.807) is 19.1 Å². The van der Waals surface area contributed by atoms with Gasteiger partial charge in [-0.15, -0.1) is 0 Å². The Labute approximate surface area is 161 Å². The zero-order chi connectivity index (χ0) is 19.3. The first-order chi connectivity index (χ1) is 13.6. The Balaban J connectivity index is 1.78. The number of phenolic OH excluding ortho intramolecular Hbond substituents is 1. The van der Waals surface area contributed by atoms with E-state index in [2.05, 4.69) is 15.5 Å². The van der Waals surface area contributed by atoms with Gasteiger partial charge in [-0.1, -0.05) is 0 Å². The van der Waals surface area contributed by atoms with Crippen molar-refractivity contribution in [2.75, 3.05) is 0 Å². The van der Waals surface area contributed by atoms with Crippen molar-refractivity contribution in [3.05, 3.63) is 53.7 Å². The highest BCUT2D eigenvalue weighted by Crippen LogP contribution is 2.38. The van der Waals surface area contributed by atoms with E-state index in [9.17, 15) is 9.90 Å². The van der Waals surface area contributed by atoms with Crippen molar-refractivity contribution in [3.8, 4) is 17.0 Å². The smallest absolute Gasteiger partial charge is 0.217 e. The summed E-state index contributed by atoms with van der Waals surface area (Å²) in [6.07, 6.45) is 4.37. The predicted molar refractivity (Wildman–Crippen MR) is 108 cm³/mol. The highest BCUT2D eigenvalue weighted by atomic mass is 16.3. The average Bonchev–Trinajstić information content (AvgIpc) is 3.16. The molecule has 0 saturated carbocycles. The van der Waals surface area contributed by atoms with E-state index in [0.29, 0.717) is 0 Å². The first-order valence-electron chi connectivity index (χ1n) is 9.44. The molecule has 4 aromatic rings. The van der Waals surface area contributed by atoms with Gasteiger partial charge in [-0.25, -0.2) is 4.98 Å². The summed E-state index contributed by atoms with van der Waals surface area (Å²) in [5.41, 5.74) is 6.26. The number of pyridine rings is 1. The van der Waals surface area contributed by atoms with Crippen molar-refractivity contribution in [1.29, 1.82) is 0 Å². The summed E-state index contributed by atoms with van der Waals surface area (Å²) in [4.78, 5) is 16.6. The van der Waals surface area contributed by atoms with Crippen LogP contribution in [-0.2, 0) is 17.6 Å². The van der Waals surface area contributed by atoms with Crippen LogP contribution in [0.3, 0.4) is 0 Å². The number of fused-ring (bicyclic) bond motifs is 5. The molecule has 2 aromatic heterocycles. The molecule has 3 N–H and O–H groups in total. The van der Waals surface area contributed by atoms with Gasteiger partial charge in [0.2, 0.25) is 5.91 Å². The van der Waals surface area contributed by atoms with Gasteiger partial charge in [0.25, 0.3) is 0 Å². The molecule has 0 spiro atoms. The van der Waals surface area contributed by atoms with Crippen LogP contribution >= 0.6 is 0 Å². The van der Waals surface area contributed by atoms with Crippen LogP contribution < -0.4 is 5.32 Å². The molecule has 5 rings (SSSR count). The molecule has 28 heavy (non-hydrogen) atoms. The third-order valence-corrected chi connectivity index (χ3v) is 5.53. The number of aromatic nitrogens is 3. The Morgan fingerprint density at radius 2 is 2.00 bits per heavy atom. The minimum Gasteiger partial charge on any atom is -0.508 e. The Kier molecular flexibility index (Phi) is 3.79. The van der Waals surface area contributed by atoms with E-state index in [-0.39, 0.29) is 17.7 Å². The second-order valence-corrected chi connectivity index (χ2v) is 7.40. The van der Waals surface area contributed by atoms with Crippen molar-refractivity contribution in [2.45, 2.75) is 32.2 Å². The van der Waals surface area contributed by atoms with Gasteiger partial charge in [-0.3, -0.25) is 9.89 Å². The fraction of sp³-hybridized carbons (Fsp3) is 0.227.